The molecule has 0 aromatic carbocycles. The lowest BCUT2D eigenvalue weighted by Gasteiger charge is -2.09. The zero-order valence-electron chi connectivity index (χ0n) is 26.1. The summed E-state index contributed by atoms with van der Waals surface area (Å²) in [5.41, 5.74) is 5.15. The molecule has 0 saturated carbocycles. The number of unbranched alkanes of at least 4 members (excludes halogenated alkanes) is 1. The fourth-order valence-corrected chi connectivity index (χ4v) is 2.58. The van der Waals surface area contributed by atoms with Crippen LogP contribution in [0.3, 0.4) is 0 Å². The lowest BCUT2D eigenvalue weighted by Crippen LogP contribution is -2.29. The Morgan fingerprint density at radius 1 is 1.05 bits per heavy atom. The molecule has 2 amide bonds. The maximum absolute atomic E-state index is 11.9. The smallest absolute Gasteiger partial charge is 0.246 e. The number of hydrogen-bond donors (Lipinski definition) is 3. The molecule has 244 valence electrons. The first-order valence-corrected chi connectivity index (χ1v) is 13.9. The maximum atomic E-state index is 11.9. The summed E-state index contributed by atoms with van der Waals surface area (Å²) in [6.45, 7) is 15.3. The van der Waals surface area contributed by atoms with Crippen LogP contribution in [0.5, 0.6) is 0 Å². The second kappa shape index (κ2) is 37.5. The van der Waals surface area contributed by atoms with Crippen LogP contribution in [0.4, 0.5) is 22.0 Å². The van der Waals surface area contributed by atoms with Crippen LogP contribution < -0.4 is 11.1 Å². The second-order valence-corrected chi connectivity index (χ2v) is 8.09. The summed E-state index contributed by atoms with van der Waals surface area (Å²) < 4.78 is 62.3. The molecule has 0 aromatic heterocycles. The molecular weight excluding hydrogens is 547 g/mol. The Morgan fingerprint density at radius 3 is 1.90 bits per heavy atom. The van der Waals surface area contributed by atoms with E-state index in [-0.39, 0.29) is 18.5 Å². The summed E-state index contributed by atoms with van der Waals surface area (Å²) >= 11 is 0. The highest BCUT2D eigenvalue weighted by atomic mass is 19.2. The first-order valence-electron chi connectivity index (χ1n) is 13.9. The fourth-order valence-electron chi connectivity index (χ4n) is 2.58. The average Bonchev–Trinajstić information content (AvgIpc) is 2.94. The van der Waals surface area contributed by atoms with Crippen molar-refractivity contribution in [2.24, 2.45) is 11.7 Å². The lowest BCUT2D eigenvalue weighted by molar-refractivity contribution is -0.128. The van der Waals surface area contributed by atoms with Crippen LogP contribution in [0.1, 0.15) is 92.4 Å². The minimum atomic E-state index is -1.95. The minimum absolute atomic E-state index is 0.231. The summed E-state index contributed by atoms with van der Waals surface area (Å²) in [5.74, 6) is -6.72. The average molecular weight is 603 g/mol. The number of carbonyl (C=O) groups is 2. The molecule has 6 nitrogen and oxygen atoms in total. The summed E-state index contributed by atoms with van der Waals surface area (Å²) in [4.78, 5) is 21.6. The molecule has 0 radical (unpaired) electrons. The molecule has 0 aromatic rings. The van der Waals surface area contributed by atoms with Crippen LogP contribution in [0, 0.1) is 5.92 Å². The Hall–Kier alpha value is -2.53. The van der Waals surface area contributed by atoms with E-state index in [0.29, 0.717) is 12.3 Å². The highest BCUT2D eigenvalue weighted by Gasteiger charge is 2.13. The van der Waals surface area contributed by atoms with Gasteiger partial charge < -0.3 is 20.9 Å². The highest BCUT2D eigenvalue weighted by Crippen LogP contribution is 2.22. The van der Waals surface area contributed by atoms with Crippen LogP contribution in [0.15, 0.2) is 48.6 Å². The molecule has 1 aliphatic rings. The van der Waals surface area contributed by atoms with Gasteiger partial charge in [-0.1, -0.05) is 72.3 Å². The number of amides is 2. The largest absolute Gasteiger partial charge is 0.400 e. The normalized spacial score (nSPS) is 14.2. The minimum Gasteiger partial charge on any atom is -0.400 e. The third-order valence-electron chi connectivity index (χ3n) is 4.87. The standard InChI is InChI=1S/C12H23NO2.C7H13NO.C6H4F4.C2H5F.C2H6.CH4O/c1-4-10(2)8-6-5-7-9-11(15-3)12(13)14;9-7-5-3-1-2-4-6-8-7;1-3(7)5(9)6(10)4(2)8;1-2-3;2*1-2/h6,8,10-11H,4-5,7,9H2,1-3H3,(H2,13,14);1-6H2,(H,8,9);1-2H2;2H2,1H3;1-2H3;2H,1H3/b8-6+;;6-5-;;;. The molecule has 0 spiro atoms. The van der Waals surface area contributed by atoms with Crippen molar-refractivity contribution in [1.29, 1.82) is 0 Å². The molecule has 0 bridgehead atoms. The van der Waals surface area contributed by atoms with Crippen molar-refractivity contribution in [2.45, 2.75) is 98.5 Å². The van der Waals surface area contributed by atoms with Crippen LogP contribution in [-0.4, -0.2) is 50.5 Å². The van der Waals surface area contributed by atoms with Crippen molar-refractivity contribution in [2.75, 3.05) is 27.4 Å². The van der Waals surface area contributed by atoms with Gasteiger partial charge in [0.2, 0.25) is 11.8 Å². The number of ether oxygens (including phenoxy) is 1. The molecule has 1 rings (SSSR count). The molecule has 41 heavy (non-hydrogen) atoms. The van der Waals surface area contributed by atoms with Crippen molar-refractivity contribution in [3.8, 4) is 0 Å². The number of aliphatic hydroxyl groups excluding tert-OH is 1. The Kier molecular flexibility index (Phi) is 44.1. The van der Waals surface area contributed by atoms with Gasteiger partial charge in [-0.15, -0.1) is 0 Å². The summed E-state index contributed by atoms with van der Waals surface area (Å²) in [5, 5.41) is 9.85. The van der Waals surface area contributed by atoms with Crippen LogP contribution in [-0.2, 0) is 14.3 Å². The number of nitrogens with one attached hydrogen (secondary N) is 1. The lowest BCUT2D eigenvalue weighted by atomic mass is 10.1. The predicted octanol–water partition coefficient (Wildman–Crippen LogP) is 8.04. The molecule has 2 unspecified atom stereocenters. The quantitative estimate of drug-likeness (QED) is 0.102. The Bertz CT molecular complexity index is 685. The van der Waals surface area contributed by atoms with E-state index < -0.39 is 29.4 Å². The van der Waals surface area contributed by atoms with E-state index in [2.05, 4.69) is 44.5 Å². The Balaban J connectivity index is -0.000000146. The van der Waals surface area contributed by atoms with E-state index in [0.717, 1.165) is 45.8 Å². The third-order valence-corrected chi connectivity index (χ3v) is 4.87. The summed E-state index contributed by atoms with van der Waals surface area (Å²) in [7, 11) is 2.52. The summed E-state index contributed by atoms with van der Waals surface area (Å²) in [6, 6.07) is 0. The Morgan fingerprint density at radius 2 is 1.51 bits per heavy atom. The number of halogens is 5. The molecule has 2 atom stereocenters. The van der Waals surface area contributed by atoms with E-state index in [1.165, 1.54) is 33.3 Å². The number of aliphatic hydroxyl groups is 1. The highest BCUT2D eigenvalue weighted by molar-refractivity contribution is 5.78. The van der Waals surface area contributed by atoms with Crippen LogP contribution in [0.25, 0.3) is 0 Å². The topological polar surface area (TPSA) is 102 Å². The number of primary amides is 1. The summed E-state index contributed by atoms with van der Waals surface area (Å²) in [6.07, 6.45) is 13.2. The van der Waals surface area contributed by atoms with Crippen molar-refractivity contribution >= 4 is 11.8 Å². The molecule has 1 heterocycles. The van der Waals surface area contributed by atoms with Gasteiger partial charge in [0.1, 0.15) is 6.10 Å². The zero-order valence-corrected chi connectivity index (χ0v) is 26.1. The molecular formula is C30H55F5N2O4. The van der Waals surface area contributed by atoms with Gasteiger partial charge in [-0.2, -0.15) is 0 Å². The monoisotopic (exact) mass is 602 g/mol. The van der Waals surface area contributed by atoms with Gasteiger partial charge in [0.25, 0.3) is 0 Å². The van der Waals surface area contributed by atoms with E-state index in [1.807, 2.05) is 13.8 Å². The molecule has 1 fully saturated rings. The van der Waals surface area contributed by atoms with E-state index >= 15 is 0 Å². The zero-order chi connectivity index (χ0) is 33.2. The molecule has 0 aliphatic carbocycles. The van der Waals surface area contributed by atoms with Gasteiger partial charge in [-0.25, -0.2) is 17.6 Å². The van der Waals surface area contributed by atoms with Gasteiger partial charge in [0, 0.05) is 27.2 Å². The molecule has 11 heteroatoms. The number of methoxy groups -OCH3 is 1. The van der Waals surface area contributed by atoms with Crippen molar-refractivity contribution in [3.63, 3.8) is 0 Å². The number of hydrogen-bond acceptors (Lipinski definition) is 4. The molecule has 1 aliphatic heterocycles. The van der Waals surface area contributed by atoms with E-state index in [9.17, 15) is 31.5 Å². The number of alkyl halides is 1. The number of allylic oxidation sites excluding steroid dienone is 6. The van der Waals surface area contributed by atoms with Gasteiger partial charge in [0.15, 0.2) is 23.3 Å². The van der Waals surface area contributed by atoms with Gasteiger partial charge in [-0.05, 0) is 44.9 Å². The number of carbonyl (C=O) groups excluding carboxylic acids is 2. The SMILES string of the molecule is C=C(F)/C(F)=C(/F)C(=C)F.CC.CCC(C)/C=C/CCCC(OC)C(N)=O.CCF.CO.O=C1CCCCCCN1. The predicted molar refractivity (Wildman–Crippen MR) is 159 cm³/mol. The van der Waals surface area contributed by atoms with E-state index in [1.54, 1.807) is 0 Å². The maximum Gasteiger partial charge on any atom is 0.246 e. The Labute approximate surface area is 245 Å². The fraction of sp³-hybridized carbons (Fsp3) is 0.667. The number of rotatable bonds is 10. The van der Waals surface area contributed by atoms with Crippen LogP contribution in [0.2, 0.25) is 0 Å². The molecule has 1 saturated heterocycles. The third kappa shape index (κ3) is 37.5. The van der Waals surface area contributed by atoms with Crippen molar-refractivity contribution in [1.82, 2.24) is 5.32 Å². The first-order chi connectivity index (χ1) is 19.4. The molecule has 4 N–H and O–H groups in total. The van der Waals surface area contributed by atoms with E-state index in [4.69, 9.17) is 15.6 Å². The van der Waals surface area contributed by atoms with Crippen molar-refractivity contribution < 1.29 is 41.4 Å². The second-order valence-electron chi connectivity index (χ2n) is 8.09. The van der Waals surface area contributed by atoms with Gasteiger partial charge >= 0.3 is 0 Å². The number of nitrogens with two attached hydrogens (primary N) is 1. The van der Waals surface area contributed by atoms with Crippen LogP contribution >= 0.6 is 0 Å². The van der Waals surface area contributed by atoms with Crippen molar-refractivity contribution in [3.05, 3.63) is 48.6 Å². The van der Waals surface area contributed by atoms with Gasteiger partial charge in [0.05, 0.1) is 6.67 Å². The van der Waals surface area contributed by atoms with Gasteiger partial charge in [-0.3, -0.25) is 14.0 Å². The first kappa shape index (κ1) is 48.2.